The third kappa shape index (κ3) is 3.13. The number of aromatic nitrogens is 4. The van der Waals surface area contributed by atoms with Crippen LogP contribution in [-0.4, -0.2) is 20.6 Å². The average molecular weight is 245 g/mol. The minimum absolute atomic E-state index is 0.328. The van der Waals surface area contributed by atoms with Gasteiger partial charge in [-0.25, -0.2) is 0 Å². The third-order valence-corrected chi connectivity index (χ3v) is 3.09. The number of nitrogens with zero attached hydrogens (tertiary/aromatic N) is 3. The second-order valence-electron chi connectivity index (χ2n) is 4.26. The molecular weight excluding hydrogens is 226 g/mol. The molecule has 1 atom stereocenters. The standard InChI is InChI=1S/C13H19N5/c1-3-10-5-7-11(8-6-10)12(4-2)14-9-13-15-17-18-16-13/h5-8,12,14H,3-4,9H2,1-2H3,(H,15,16,17,18). The molecule has 1 aromatic carbocycles. The van der Waals surface area contributed by atoms with E-state index in [9.17, 15) is 0 Å². The van der Waals surface area contributed by atoms with E-state index in [1.165, 1.54) is 11.1 Å². The Morgan fingerprint density at radius 2 is 2.00 bits per heavy atom. The Kier molecular flexibility index (Phi) is 4.41. The Labute approximate surface area is 107 Å². The van der Waals surface area contributed by atoms with Crippen LogP contribution in [0.25, 0.3) is 0 Å². The fourth-order valence-electron chi connectivity index (χ4n) is 1.96. The van der Waals surface area contributed by atoms with E-state index in [0.29, 0.717) is 18.4 Å². The highest BCUT2D eigenvalue weighted by Crippen LogP contribution is 2.17. The smallest absolute Gasteiger partial charge is 0.188 e. The van der Waals surface area contributed by atoms with Gasteiger partial charge in [-0.15, -0.1) is 10.2 Å². The van der Waals surface area contributed by atoms with Crippen LogP contribution in [0, 0.1) is 0 Å². The van der Waals surface area contributed by atoms with Gasteiger partial charge in [0.2, 0.25) is 0 Å². The van der Waals surface area contributed by atoms with E-state index in [2.05, 4.69) is 64.1 Å². The SMILES string of the molecule is CCc1ccc(C(CC)NCc2nn[nH]n2)cc1. The Balaban J connectivity index is 1.98. The van der Waals surface area contributed by atoms with E-state index in [1.54, 1.807) is 0 Å². The molecular formula is C13H19N5. The van der Waals surface area contributed by atoms with Gasteiger partial charge in [0.25, 0.3) is 0 Å². The summed E-state index contributed by atoms with van der Waals surface area (Å²) in [6, 6.07) is 9.09. The molecule has 0 amide bonds. The van der Waals surface area contributed by atoms with Gasteiger partial charge in [0.05, 0.1) is 6.54 Å². The first kappa shape index (κ1) is 12.7. The van der Waals surface area contributed by atoms with Crippen LogP contribution >= 0.6 is 0 Å². The third-order valence-electron chi connectivity index (χ3n) is 3.09. The summed E-state index contributed by atoms with van der Waals surface area (Å²) in [5.41, 5.74) is 2.67. The van der Waals surface area contributed by atoms with Crippen molar-refractivity contribution in [2.75, 3.05) is 0 Å². The minimum atomic E-state index is 0.328. The average Bonchev–Trinajstić information content (AvgIpc) is 2.93. The first-order valence-electron chi connectivity index (χ1n) is 6.38. The molecule has 5 nitrogen and oxygen atoms in total. The largest absolute Gasteiger partial charge is 0.303 e. The molecule has 1 aromatic heterocycles. The summed E-state index contributed by atoms with van der Waals surface area (Å²) in [7, 11) is 0. The number of tetrazole rings is 1. The Morgan fingerprint density at radius 1 is 1.22 bits per heavy atom. The maximum atomic E-state index is 3.93. The highest BCUT2D eigenvalue weighted by atomic mass is 15.5. The molecule has 5 heteroatoms. The number of rotatable bonds is 6. The maximum absolute atomic E-state index is 3.93. The molecule has 0 aliphatic heterocycles. The molecule has 0 fully saturated rings. The van der Waals surface area contributed by atoms with Crippen molar-refractivity contribution in [1.82, 2.24) is 25.9 Å². The molecule has 1 heterocycles. The van der Waals surface area contributed by atoms with Crippen molar-refractivity contribution in [3.63, 3.8) is 0 Å². The lowest BCUT2D eigenvalue weighted by molar-refractivity contribution is 0.508. The number of hydrogen-bond acceptors (Lipinski definition) is 4. The van der Waals surface area contributed by atoms with Gasteiger partial charge in [0, 0.05) is 6.04 Å². The summed E-state index contributed by atoms with van der Waals surface area (Å²) >= 11 is 0. The molecule has 1 unspecified atom stereocenters. The summed E-state index contributed by atoms with van der Waals surface area (Å²) in [5, 5.41) is 17.3. The van der Waals surface area contributed by atoms with Gasteiger partial charge in [-0.2, -0.15) is 5.21 Å². The normalized spacial score (nSPS) is 12.6. The van der Waals surface area contributed by atoms with E-state index in [-0.39, 0.29) is 0 Å². The van der Waals surface area contributed by atoms with Crippen molar-refractivity contribution in [2.45, 2.75) is 39.3 Å². The lowest BCUT2D eigenvalue weighted by Gasteiger charge is -2.16. The van der Waals surface area contributed by atoms with Crippen molar-refractivity contribution in [3.8, 4) is 0 Å². The van der Waals surface area contributed by atoms with E-state index in [1.807, 2.05) is 0 Å². The van der Waals surface area contributed by atoms with Crippen molar-refractivity contribution >= 4 is 0 Å². The number of nitrogens with one attached hydrogen (secondary N) is 2. The number of aryl methyl sites for hydroxylation is 1. The van der Waals surface area contributed by atoms with Crippen LogP contribution in [0.15, 0.2) is 24.3 Å². The van der Waals surface area contributed by atoms with Gasteiger partial charge in [0.1, 0.15) is 0 Å². The molecule has 0 bridgehead atoms. The maximum Gasteiger partial charge on any atom is 0.188 e. The molecule has 2 rings (SSSR count). The van der Waals surface area contributed by atoms with Gasteiger partial charge < -0.3 is 5.32 Å². The molecule has 96 valence electrons. The van der Waals surface area contributed by atoms with Crippen LogP contribution in [-0.2, 0) is 13.0 Å². The molecule has 18 heavy (non-hydrogen) atoms. The fourth-order valence-corrected chi connectivity index (χ4v) is 1.96. The lowest BCUT2D eigenvalue weighted by atomic mass is 10.0. The quantitative estimate of drug-likeness (QED) is 0.817. The number of hydrogen-bond donors (Lipinski definition) is 2. The predicted octanol–water partition coefficient (Wildman–Crippen LogP) is 2.00. The van der Waals surface area contributed by atoms with E-state index >= 15 is 0 Å². The van der Waals surface area contributed by atoms with Crippen molar-refractivity contribution < 1.29 is 0 Å². The van der Waals surface area contributed by atoms with Gasteiger partial charge in [-0.3, -0.25) is 0 Å². The highest BCUT2D eigenvalue weighted by Gasteiger charge is 2.09. The van der Waals surface area contributed by atoms with E-state index < -0.39 is 0 Å². The Morgan fingerprint density at radius 3 is 2.56 bits per heavy atom. The van der Waals surface area contributed by atoms with Crippen LogP contribution in [0.2, 0.25) is 0 Å². The molecule has 0 aliphatic carbocycles. The van der Waals surface area contributed by atoms with Crippen LogP contribution in [0.3, 0.4) is 0 Å². The Hall–Kier alpha value is -1.75. The number of H-pyrrole nitrogens is 1. The minimum Gasteiger partial charge on any atom is -0.303 e. The molecule has 2 aromatic rings. The molecule has 0 aliphatic rings. The predicted molar refractivity (Wildman–Crippen MR) is 69.9 cm³/mol. The van der Waals surface area contributed by atoms with E-state index in [4.69, 9.17) is 0 Å². The second kappa shape index (κ2) is 6.26. The summed E-state index contributed by atoms with van der Waals surface area (Å²) in [6.07, 6.45) is 2.11. The highest BCUT2D eigenvalue weighted by molar-refractivity contribution is 5.25. The molecule has 0 radical (unpaired) electrons. The summed E-state index contributed by atoms with van der Waals surface area (Å²) < 4.78 is 0. The van der Waals surface area contributed by atoms with Crippen LogP contribution < -0.4 is 5.32 Å². The summed E-state index contributed by atoms with van der Waals surface area (Å²) in [5.74, 6) is 0.693. The van der Waals surface area contributed by atoms with Gasteiger partial charge in [0.15, 0.2) is 5.82 Å². The zero-order valence-electron chi connectivity index (χ0n) is 10.8. The summed E-state index contributed by atoms with van der Waals surface area (Å²) in [6.45, 7) is 4.97. The first-order chi connectivity index (χ1) is 8.83. The van der Waals surface area contributed by atoms with E-state index in [0.717, 1.165) is 12.8 Å². The van der Waals surface area contributed by atoms with Crippen molar-refractivity contribution in [2.24, 2.45) is 0 Å². The zero-order chi connectivity index (χ0) is 12.8. The van der Waals surface area contributed by atoms with Gasteiger partial charge >= 0.3 is 0 Å². The van der Waals surface area contributed by atoms with Crippen molar-refractivity contribution in [1.29, 1.82) is 0 Å². The van der Waals surface area contributed by atoms with Gasteiger partial charge in [-0.05, 0) is 24.0 Å². The monoisotopic (exact) mass is 245 g/mol. The van der Waals surface area contributed by atoms with Gasteiger partial charge in [-0.1, -0.05) is 43.3 Å². The second-order valence-corrected chi connectivity index (χ2v) is 4.26. The summed E-state index contributed by atoms with van der Waals surface area (Å²) in [4.78, 5) is 0. The molecule has 0 spiro atoms. The fraction of sp³-hybridized carbons (Fsp3) is 0.462. The number of aromatic amines is 1. The topological polar surface area (TPSA) is 66.5 Å². The van der Waals surface area contributed by atoms with Crippen LogP contribution in [0.5, 0.6) is 0 Å². The molecule has 0 saturated heterocycles. The first-order valence-corrected chi connectivity index (χ1v) is 6.38. The van der Waals surface area contributed by atoms with Crippen LogP contribution in [0.1, 0.15) is 43.3 Å². The zero-order valence-corrected chi connectivity index (χ0v) is 10.8. The van der Waals surface area contributed by atoms with Crippen LogP contribution in [0.4, 0.5) is 0 Å². The lowest BCUT2D eigenvalue weighted by Crippen LogP contribution is -2.21. The van der Waals surface area contributed by atoms with Crippen molar-refractivity contribution in [3.05, 3.63) is 41.2 Å². The molecule has 0 saturated carbocycles. The number of benzene rings is 1. The molecule has 2 N–H and O–H groups in total. The Bertz CT molecular complexity index is 449.